The van der Waals surface area contributed by atoms with Crippen LogP contribution in [-0.2, 0) is 9.53 Å². The summed E-state index contributed by atoms with van der Waals surface area (Å²) in [6, 6.07) is 9.21. The Morgan fingerprint density at radius 3 is 2.67 bits per heavy atom. The van der Waals surface area contributed by atoms with Crippen LogP contribution in [-0.4, -0.2) is 30.0 Å². The first-order chi connectivity index (χ1) is 11.4. The van der Waals surface area contributed by atoms with E-state index in [9.17, 15) is 19.7 Å². The molecule has 1 N–H and O–H groups in total. The normalized spacial score (nSPS) is 11.4. The first kappa shape index (κ1) is 17.4. The number of benzene rings is 1. The van der Waals surface area contributed by atoms with Crippen molar-refractivity contribution < 1.29 is 24.0 Å². The van der Waals surface area contributed by atoms with Crippen LogP contribution in [0.25, 0.3) is 0 Å². The Morgan fingerprint density at radius 2 is 2.04 bits per heavy atom. The van der Waals surface area contributed by atoms with E-state index >= 15 is 0 Å². The fraction of sp³-hybridized carbons (Fsp3) is 0.200. The fourth-order valence-electron chi connectivity index (χ4n) is 1.75. The summed E-state index contributed by atoms with van der Waals surface area (Å²) in [4.78, 5) is 34.0. The highest BCUT2D eigenvalue weighted by molar-refractivity contribution is 7.17. The van der Waals surface area contributed by atoms with Crippen molar-refractivity contribution in [2.45, 2.75) is 13.0 Å². The zero-order chi connectivity index (χ0) is 17.7. The van der Waals surface area contributed by atoms with Crippen LogP contribution in [0, 0.1) is 10.1 Å². The van der Waals surface area contributed by atoms with Gasteiger partial charge in [-0.2, -0.15) is 0 Å². The number of hydrogen-bond acceptors (Lipinski definition) is 7. The van der Waals surface area contributed by atoms with E-state index in [0.29, 0.717) is 22.8 Å². The molecule has 8 nitrogen and oxygen atoms in total. The van der Waals surface area contributed by atoms with E-state index in [2.05, 4.69) is 5.32 Å². The number of carbonyl (C=O) groups is 2. The summed E-state index contributed by atoms with van der Waals surface area (Å²) in [7, 11) is 1.51. The van der Waals surface area contributed by atoms with Crippen molar-refractivity contribution in [3.63, 3.8) is 0 Å². The third-order valence-electron chi connectivity index (χ3n) is 2.96. The second kappa shape index (κ2) is 7.55. The number of amides is 1. The molecule has 126 valence electrons. The van der Waals surface area contributed by atoms with Crippen molar-refractivity contribution in [1.29, 1.82) is 0 Å². The van der Waals surface area contributed by atoms with E-state index in [0.717, 1.165) is 0 Å². The number of carbonyl (C=O) groups excluding carboxylic acids is 2. The molecule has 2 rings (SSSR count). The highest BCUT2D eigenvalue weighted by atomic mass is 32.1. The van der Waals surface area contributed by atoms with Crippen molar-refractivity contribution in [3.05, 3.63) is 51.4 Å². The molecule has 1 amide bonds. The number of nitrogens with zero attached hydrogens (tertiary/aromatic N) is 1. The van der Waals surface area contributed by atoms with Crippen LogP contribution < -0.4 is 10.1 Å². The van der Waals surface area contributed by atoms with Crippen LogP contribution in [0.2, 0.25) is 0 Å². The van der Waals surface area contributed by atoms with E-state index in [1.165, 1.54) is 26.2 Å². The summed E-state index contributed by atoms with van der Waals surface area (Å²) in [6.07, 6.45) is -1.06. The molecule has 0 saturated carbocycles. The maximum absolute atomic E-state index is 12.1. The molecule has 0 aliphatic carbocycles. The van der Waals surface area contributed by atoms with Gasteiger partial charge >= 0.3 is 11.0 Å². The molecule has 1 heterocycles. The maximum atomic E-state index is 12.1. The number of methoxy groups -OCH3 is 1. The van der Waals surface area contributed by atoms with Gasteiger partial charge in [-0.1, -0.05) is 17.4 Å². The number of ether oxygens (including phenoxy) is 2. The van der Waals surface area contributed by atoms with Crippen molar-refractivity contribution in [3.8, 4) is 5.75 Å². The molecule has 0 radical (unpaired) electrons. The lowest BCUT2D eigenvalue weighted by atomic mass is 10.3. The van der Waals surface area contributed by atoms with Crippen molar-refractivity contribution in [1.82, 2.24) is 0 Å². The molecule has 0 bridgehead atoms. The number of thiophene rings is 1. The molecular weight excluding hydrogens is 336 g/mol. The molecule has 9 heteroatoms. The molecule has 0 saturated heterocycles. The fourth-order valence-corrected chi connectivity index (χ4v) is 2.46. The van der Waals surface area contributed by atoms with E-state index in [4.69, 9.17) is 9.47 Å². The average Bonchev–Trinajstić information content (AvgIpc) is 3.05. The van der Waals surface area contributed by atoms with Crippen LogP contribution in [0.15, 0.2) is 36.4 Å². The zero-order valence-corrected chi connectivity index (χ0v) is 13.7. The lowest BCUT2D eigenvalue weighted by molar-refractivity contribution is -0.380. The number of nitrogens with one attached hydrogen (secondary N) is 1. The molecule has 1 atom stereocenters. The average molecular weight is 350 g/mol. The third-order valence-corrected chi connectivity index (χ3v) is 3.98. The minimum absolute atomic E-state index is 0.0581. The van der Waals surface area contributed by atoms with Gasteiger partial charge in [-0.3, -0.25) is 14.9 Å². The van der Waals surface area contributed by atoms with Gasteiger partial charge in [-0.05, 0) is 25.1 Å². The summed E-state index contributed by atoms with van der Waals surface area (Å²) in [5.74, 6) is -0.743. The minimum atomic E-state index is -1.06. The number of hydrogen-bond donors (Lipinski definition) is 1. The maximum Gasteiger partial charge on any atom is 0.349 e. The molecule has 0 fully saturated rings. The highest BCUT2D eigenvalue weighted by Crippen LogP contribution is 2.25. The van der Waals surface area contributed by atoms with Gasteiger partial charge in [-0.25, -0.2) is 4.79 Å². The summed E-state index contributed by atoms with van der Waals surface area (Å²) < 4.78 is 10.1. The van der Waals surface area contributed by atoms with Crippen LogP contribution in [0.5, 0.6) is 5.75 Å². The number of anilines is 1. The van der Waals surface area contributed by atoms with Gasteiger partial charge in [-0.15, -0.1) is 0 Å². The highest BCUT2D eigenvalue weighted by Gasteiger charge is 2.22. The van der Waals surface area contributed by atoms with E-state index in [1.54, 1.807) is 24.3 Å². The standard InChI is InChI=1S/C15H14N2O6S/c1-9(14(18)16-10-4-3-5-11(8-10)22-2)23-15(19)12-6-7-13(24-12)17(20)21/h3-9H,1-2H3,(H,16,18)/t9-/m1/s1. The van der Waals surface area contributed by atoms with Crippen molar-refractivity contribution in [2.24, 2.45) is 0 Å². The van der Waals surface area contributed by atoms with Crippen molar-refractivity contribution >= 4 is 33.9 Å². The molecule has 1 aromatic carbocycles. The Labute approximate surface area is 141 Å². The largest absolute Gasteiger partial charge is 0.497 e. The van der Waals surface area contributed by atoms with Gasteiger partial charge < -0.3 is 14.8 Å². The summed E-state index contributed by atoms with van der Waals surface area (Å²) in [6.45, 7) is 1.41. The first-order valence-corrected chi connectivity index (χ1v) is 7.62. The van der Waals surface area contributed by atoms with Gasteiger partial charge in [0.25, 0.3) is 5.91 Å². The molecule has 0 unspecified atom stereocenters. The van der Waals surface area contributed by atoms with Gasteiger partial charge in [0.15, 0.2) is 6.10 Å². The number of nitro groups is 1. The summed E-state index contributed by atoms with van der Waals surface area (Å²) >= 11 is 0.690. The first-order valence-electron chi connectivity index (χ1n) is 6.81. The number of esters is 1. The molecule has 0 aliphatic heterocycles. The molecule has 0 aliphatic rings. The quantitative estimate of drug-likeness (QED) is 0.487. The topological polar surface area (TPSA) is 108 Å². The summed E-state index contributed by atoms with van der Waals surface area (Å²) in [5.41, 5.74) is 0.494. The second-order valence-electron chi connectivity index (χ2n) is 4.66. The Hall–Kier alpha value is -2.94. The SMILES string of the molecule is COc1cccc(NC(=O)[C@@H](C)OC(=O)c2ccc([N+](=O)[O-])s2)c1. The Bertz CT molecular complexity index is 773. The predicted octanol–water partition coefficient (Wildman–Crippen LogP) is 2.85. The molecule has 1 aromatic heterocycles. The van der Waals surface area contributed by atoms with Crippen LogP contribution >= 0.6 is 11.3 Å². The van der Waals surface area contributed by atoms with Gasteiger partial charge in [0, 0.05) is 17.8 Å². The molecular formula is C15H14N2O6S. The van der Waals surface area contributed by atoms with E-state index < -0.39 is 22.9 Å². The lowest BCUT2D eigenvalue weighted by Gasteiger charge is -2.13. The lowest BCUT2D eigenvalue weighted by Crippen LogP contribution is -2.29. The van der Waals surface area contributed by atoms with Gasteiger partial charge in [0.05, 0.1) is 12.0 Å². The van der Waals surface area contributed by atoms with Crippen LogP contribution in [0.3, 0.4) is 0 Å². The predicted molar refractivity (Wildman–Crippen MR) is 87.5 cm³/mol. The van der Waals surface area contributed by atoms with E-state index in [-0.39, 0.29) is 9.88 Å². The van der Waals surface area contributed by atoms with Crippen LogP contribution in [0.1, 0.15) is 16.6 Å². The Morgan fingerprint density at radius 1 is 1.29 bits per heavy atom. The minimum Gasteiger partial charge on any atom is -0.497 e. The monoisotopic (exact) mass is 350 g/mol. The molecule has 0 spiro atoms. The van der Waals surface area contributed by atoms with Gasteiger partial charge in [0.1, 0.15) is 10.6 Å². The Kier molecular flexibility index (Phi) is 5.48. The third kappa shape index (κ3) is 4.29. The second-order valence-corrected chi connectivity index (χ2v) is 5.73. The summed E-state index contributed by atoms with van der Waals surface area (Å²) in [5, 5.41) is 13.0. The van der Waals surface area contributed by atoms with Crippen LogP contribution in [0.4, 0.5) is 10.7 Å². The van der Waals surface area contributed by atoms with Gasteiger partial charge in [0.2, 0.25) is 0 Å². The van der Waals surface area contributed by atoms with Crippen molar-refractivity contribution in [2.75, 3.05) is 12.4 Å². The smallest absolute Gasteiger partial charge is 0.349 e. The van der Waals surface area contributed by atoms with E-state index in [1.807, 2.05) is 0 Å². The molecule has 24 heavy (non-hydrogen) atoms. The molecule has 2 aromatic rings. The zero-order valence-electron chi connectivity index (χ0n) is 12.8. The Balaban J connectivity index is 1.97. The number of rotatable bonds is 6.